The molecule has 0 aliphatic heterocycles. The van der Waals surface area contributed by atoms with Crippen molar-refractivity contribution in [2.75, 3.05) is 20.3 Å². The molecule has 1 heterocycles. The number of nitrogens with zero attached hydrogens (tertiary/aromatic N) is 1. The van der Waals surface area contributed by atoms with E-state index < -0.39 is 0 Å². The van der Waals surface area contributed by atoms with Crippen LogP contribution in [0.25, 0.3) is 10.9 Å². The van der Waals surface area contributed by atoms with E-state index in [9.17, 15) is 4.79 Å². The molecule has 1 aromatic heterocycles. The van der Waals surface area contributed by atoms with Gasteiger partial charge in [0.25, 0.3) is 5.91 Å². The lowest BCUT2D eigenvalue weighted by Crippen LogP contribution is -2.28. The number of para-hydroxylation sites is 1. The number of methoxy groups -OCH3 is 1. The number of carbonyl (C=O) groups is 1. The number of fused-ring (bicyclic) bond motifs is 1. The monoisotopic (exact) mass is 232 g/mol. The summed E-state index contributed by atoms with van der Waals surface area (Å²) in [6, 6.07) is 9.84. The molecule has 2 aromatic rings. The number of carbonyl (C=O) groups excluding carboxylic acids is 1. The Morgan fingerprint density at radius 3 is 2.88 bits per heavy atom. The Labute approximate surface area is 100 Å². The summed E-state index contributed by atoms with van der Waals surface area (Å²) in [5.74, 6) is -0.0687. The van der Waals surface area contributed by atoms with Crippen LogP contribution in [0.1, 0.15) is 10.5 Å². The largest absolute Gasteiger partial charge is 0.383 e. The van der Waals surface area contributed by atoms with Gasteiger partial charge >= 0.3 is 0 Å². The van der Waals surface area contributed by atoms with E-state index in [1.54, 1.807) is 7.11 Å². The van der Waals surface area contributed by atoms with Crippen molar-refractivity contribution in [3.63, 3.8) is 0 Å². The Bertz CT molecular complexity index is 531. The predicted octanol–water partition coefficient (Wildman–Crippen LogP) is 1.55. The highest BCUT2D eigenvalue weighted by Gasteiger charge is 2.11. The highest BCUT2D eigenvalue weighted by molar-refractivity contribution is 5.98. The molecule has 0 aliphatic carbocycles. The second kappa shape index (κ2) is 5.01. The molecule has 0 fully saturated rings. The fourth-order valence-electron chi connectivity index (χ4n) is 1.86. The maximum absolute atomic E-state index is 11.9. The van der Waals surface area contributed by atoms with E-state index in [4.69, 9.17) is 4.74 Å². The first-order chi connectivity index (χ1) is 8.24. The predicted molar refractivity (Wildman–Crippen MR) is 67.1 cm³/mol. The van der Waals surface area contributed by atoms with E-state index in [-0.39, 0.29) is 5.91 Å². The zero-order valence-corrected chi connectivity index (χ0v) is 10.1. The van der Waals surface area contributed by atoms with Gasteiger partial charge in [-0.05, 0) is 12.1 Å². The Morgan fingerprint density at radius 1 is 1.41 bits per heavy atom. The molecule has 0 spiro atoms. The Hall–Kier alpha value is -1.81. The Morgan fingerprint density at radius 2 is 2.18 bits per heavy atom. The lowest BCUT2D eigenvalue weighted by molar-refractivity contribution is 0.0929. The van der Waals surface area contributed by atoms with Crippen LogP contribution in [0, 0.1) is 0 Å². The number of hydrogen-bond donors (Lipinski definition) is 1. The second-order valence-electron chi connectivity index (χ2n) is 3.90. The molecule has 4 heteroatoms. The molecule has 90 valence electrons. The minimum Gasteiger partial charge on any atom is -0.383 e. The number of benzene rings is 1. The smallest absolute Gasteiger partial charge is 0.268 e. The minimum atomic E-state index is -0.0687. The van der Waals surface area contributed by atoms with Crippen LogP contribution in [0.15, 0.2) is 30.3 Å². The van der Waals surface area contributed by atoms with Gasteiger partial charge in [0.1, 0.15) is 5.69 Å². The van der Waals surface area contributed by atoms with E-state index in [0.717, 1.165) is 10.9 Å². The zero-order valence-electron chi connectivity index (χ0n) is 10.1. The van der Waals surface area contributed by atoms with Crippen LogP contribution < -0.4 is 5.32 Å². The first-order valence-corrected chi connectivity index (χ1v) is 5.55. The molecule has 0 atom stereocenters. The number of amides is 1. The van der Waals surface area contributed by atoms with E-state index in [0.29, 0.717) is 18.8 Å². The number of hydrogen-bond acceptors (Lipinski definition) is 2. The number of nitrogens with one attached hydrogen (secondary N) is 1. The van der Waals surface area contributed by atoms with Crippen molar-refractivity contribution in [2.24, 2.45) is 7.05 Å². The van der Waals surface area contributed by atoms with Crippen LogP contribution in [0.4, 0.5) is 0 Å². The fraction of sp³-hybridized carbons (Fsp3) is 0.308. The zero-order chi connectivity index (χ0) is 12.3. The first kappa shape index (κ1) is 11.7. The summed E-state index contributed by atoms with van der Waals surface area (Å²) in [5, 5.41) is 3.89. The molecule has 1 N–H and O–H groups in total. The summed E-state index contributed by atoms with van der Waals surface area (Å²) in [4.78, 5) is 11.9. The standard InChI is InChI=1S/C13H16N2O2/c1-15-11-6-4-3-5-10(11)9-12(15)13(16)14-7-8-17-2/h3-6,9H,7-8H2,1-2H3,(H,14,16). The van der Waals surface area contributed by atoms with Gasteiger partial charge in [-0.1, -0.05) is 18.2 Å². The second-order valence-corrected chi connectivity index (χ2v) is 3.90. The van der Waals surface area contributed by atoms with Gasteiger partial charge in [0.2, 0.25) is 0 Å². The molecule has 2 rings (SSSR count). The third kappa shape index (κ3) is 2.31. The highest BCUT2D eigenvalue weighted by atomic mass is 16.5. The maximum atomic E-state index is 11.9. The van der Waals surface area contributed by atoms with Crippen molar-refractivity contribution >= 4 is 16.8 Å². The molecule has 4 nitrogen and oxygen atoms in total. The van der Waals surface area contributed by atoms with Gasteiger partial charge in [-0.25, -0.2) is 0 Å². The van der Waals surface area contributed by atoms with Crippen molar-refractivity contribution in [3.8, 4) is 0 Å². The summed E-state index contributed by atoms with van der Waals surface area (Å²) in [7, 11) is 3.51. The molecule has 1 aromatic carbocycles. The van der Waals surface area contributed by atoms with E-state index in [1.165, 1.54) is 0 Å². The number of rotatable bonds is 4. The summed E-state index contributed by atoms with van der Waals surface area (Å²) in [5.41, 5.74) is 1.73. The van der Waals surface area contributed by atoms with Crippen molar-refractivity contribution in [3.05, 3.63) is 36.0 Å². The molecule has 0 unspecified atom stereocenters. The summed E-state index contributed by atoms with van der Waals surface area (Å²) >= 11 is 0. The van der Waals surface area contributed by atoms with E-state index >= 15 is 0 Å². The van der Waals surface area contributed by atoms with Crippen molar-refractivity contribution in [1.82, 2.24) is 9.88 Å². The average Bonchev–Trinajstić information content (AvgIpc) is 2.68. The topological polar surface area (TPSA) is 43.3 Å². The lowest BCUT2D eigenvalue weighted by Gasteiger charge is -2.05. The number of ether oxygens (including phenoxy) is 1. The summed E-state index contributed by atoms with van der Waals surface area (Å²) < 4.78 is 6.80. The maximum Gasteiger partial charge on any atom is 0.268 e. The van der Waals surface area contributed by atoms with Crippen molar-refractivity contribution in [1.29, 1.82) is 0 Å². The third-order valence-corrected chi connectivity index (χ3v) is 2.78. The quantitative estimate of drug-likeness (QED) is 0.813. The molecular formula is C13H16N2O2. The Kier molecular flexibility index (Phi) is 3.44. The van der Waals surface area contributed by atoms with Gasteiger partial charge in [0, 0.05) is 31.6 Å². The number of aryl methyl sites for hydroxylation is 1. The van der Waals surface area contributed by atoms with Crippen LogP contribution in [-0.4, -0.2) is 30.7 Å². The SMILES string of the molecule is COCCNC(=O)c1cc2ccccc2n1C. The fourth-order valence-corrected chi connectivity index (χ4v) is 1.86. The van der Waals surface area contributed by atoms with Gasteiger partial charge in [0.15, 0.2) is 0 Å². The van der Waals surface area contributed by atoms with Crippen LogP contribution >= 0.6 is 0 Å². The highest BCUT2D eigenvalue weighted by Crippen LogP contribution is 2.17. The van der Waals surface area contributed by atoms with Crippen molar-refractivity contribution in [2.45, 2.75) is 0 Å². The van der Waals surface area contributed by atoms with E-state index in [1.807, 2.05) is 41.9 Å². The van der Waals surface area contributed by atoms with Gasteiger partial charge in [-0.15, -0.1) is 0 Å². The molecule has 17 heavy (non-hydrogen) atoms. The third-order valence-electron chi connectivity index (χ3n) is 2.78. The summed E-state index contributed by atoms with van der Waals surface area (Å²) in [6.07, 6.45) is 0. The van der Waals surface area contributed by atoms with Gasteiger partial charge in [-0.3, -0.25) is 4.79 Å². The van der Waals surface area contributed by atoms with Crippen LogP contribution in [0.3, 0.4) is 0 Å². The van der Waals surface area contributed by atoms with Crippen LogP contribution in [-0.2, 0) is 11.8 Å². The normalized spacial score (nSPS) is 10.7. The van der Waals surface area contributed by atoms with Gasteiger partial charge in [0.05, 0.1) is 6.61 Å². The molecule has 0 aliphatic rings. The molecule has 0 bridgehead atoms. The van der Waals surface area contributed by atoms with Crippen molar-refractivity contribution < 1.29 is 9.53 Å². The lowest BCUT2D eigenvalue weighted by atomic mass is 10.2. The van der Waals surface area contributed by atoms with E-state index in [2.05, 4.69) is 5.32 Å². The first-order valence-electron chi connectivity index (χ1n) is 5.55. The molecular weight excluding hydrogens is 216 g/mol. The van der Waals surface area contributed by atoms with Crippen LogP contribution in [0.2, 0.25) is 0 Å². The Balaban J connectivity index is 2.23. The average molecular weight is 232 g/mol. The van der Waals surface area contributed by atoms with Gasteiger partial charge < -0.3 is 14.6 Å². The molecule has 0 radical (unpaired) electrons. The molecule has 0 saturated heterocycles. The minimum absolute atomic E-state index is 0.0687. The molecule has 1 amide bonds. The van der Waals surface area contributed by atoms with Gasteiger partial charge in [-0.2, -0.15) is 0 Å². The summed E-state index contributed by atoms with van der Waals surface area (Å²) in [6.45, 7) is 1.05. The number of aromatic nitrogens is 1. The molecule has 0 saturated carbocycles. The van der Waals surface area contributed by atoms with Crippen LogP contribution in [0.5, 0.6) is 0 Å².